The van der Waals surface area contributed by atoms with Crippen LogP contribution in [0.3, 0.4) is 0 Å². The highest BCUT2D eigenvalue weighted by Crippen LogP contribution is 2.27. The Hall–Kier alpha value is -2.53. The Morgan fingerprint density at radius 1 is 1.16 bits per heavy atom. The van der Waals surface area contributed by atoms with Gasteiger partial charge in [-0.1, -0.05) is 29.3 Å². The minimum Gasteiger partial charge on any atom is -0.495 e. The van der Waals surface area contributed by atoms with Crippen LogP contribution in [0.1, 0.15) is 21.5 Å². The predicted molar refractivity (Wildman–Crippen MR) is 99.5 cm³/mol. The Morgan fingerprint density at radius 2 is 1.88 bits per heavy atom. The summed E-state index contributed by atoms with van der Waals surface area (Å²) < 4.78 is 5.20. The SMILES string of the molecule is COc1ccc(Cl)cc1NC(=O)CN(C)C(=O)c1ccc(C)cc1C. The van der Waals surface area contributed by atoms with Gasteiger partial charge in [0.25, 0.3) is 5.91 Å². The molecule has 0 fully saturated rings. The predicted octanol–water partition coefficient (Wildman–Crippen LogP) is 3.68. The second-order valence-corrected chi connectivity index (χ2v) is 6.31. The lowest BCUT2D eigenvalue weighted by atomic mass is 10.0. The summed E-state index contributed by atoms with van der Waals surface area (Å²) in [5.41, 5.74) is 3.02. The summed E-state index contributed by atoms with van der Waals surface area (Å²) in [6.45, 7) is 3.77. The van der Waals surface area contributed by atoms with Crippen LogP contribution >= 0.6 is 11.6 Å². The molecule has 1 N–H and O–H groups in total. The maximum atomic E-state index is 12.5. The summed E-state index contributed by atoms with van der Waals surface area (Å²) in [5, 5.41) is 3.20. The lowest BCUT2D eigenvalue weighted by Crippen LogP contribution is -2.35. The number of methoxy groups -OCH3 is 1. The van der Waals surface area contributed by atoms with E-state index in [1.807, 2.05) is 26.0 Å². The van der Waals surface area contributed by atoms with Crippen LogP contribution in [-0.2, 0) is 4.79 Å². The van der Waals surface area contributed by atoms with E-state index in [9.17, 15) is 9.59 Å². The molecule has 2 amide bonds. The Morgan fingerprint density at radius 3 is 2.52 bits per heavy atom. The van der Waals surface area contributed by atoms with Crippen LogP contribution in [0.2, 0.25) is 5.02 Å². The van der Waals surface area contributed by atoms with Crippen LogP contribution < -0.4 is 10.1 Å². The number of anilines is 1. The van der Waals surface area contributed by atoms with E-state index in [1.165, 1.54) is 12.0 Å². The van der Waals surface area contributed by atoms with Crippen molar-refractivity contribution < 1.29 is 14.3 Å². The van der Waals surface area contributed by atoms with Crippen LogP contribution in [0.4, 0.5) is 5.69 Å². The fraction of sp³-hybridized carbons (Fsp3) is 0.263. The van der Waals surface area contributed by atoms with Gasteiger partial charge in [0.05, 0.1) is 19.3 Å². The van der Waals surface area contributed by atoms with Gasteiger partial charge < -0.3 is 15.0 Å². The molecular formula is C19H21ClN2O3. The number of nitrogens with zero attached hydrogens (tertiary/aromatic N) is 1. The topological polar surface area (TPSA) is 58.6 Å². The number of aryl methyl sites for hydroxylation is 2. The molecule has 6 heteroatoms. The standard InChI is InChI=1S/C19H21ClN2O3/c1-12-5-7-15(13(2)9-12)19(24)22(3)11-18(23)21-16-10-14(20)6-8-17(16)25-4/h5-10H,11H2,1-4H3,(H,21,23). The van der Waals surface area contributed by atoms with Crippen molar-refractivity contribution in [3.8, 4) is 5.75 Å². The van der Waals surface area contributed by atoms with E-state index in [2.05, 4.69) is 5.32 Å². The van der Waals surface area contributed by atoms with Crippen LogP contribution in [0.15, 0.2) is 36.4 Å². The highest BCUT2D eigenvalue weighted by atomic mass is 35.5. The van der Waals surface area contributed by atoms with Gasteiger partial charge >= 0.3 is 0 Å². The molecule has 5 nitrogen and oxygen atoms in total. The number of hydrogen-bond donors (Lipinski definition) is 1. The summed E-state index contributed by atoms with van der Waals surface area (Å²) in [5.74, 6) is -0.0343. The van der Waals surface area contributed by atoms with Crippen LogP contribution in [0.5, 0.6) is 5.75 Å². The molecule has 0 radical (unpaired) electrons. The van der Waals surface area contributed by atoms with Crippen molar-refractivity contribution in [1.29, 1.82) is 0 Å². The number of nitrogens with one attached hydrogen (secondary N) is 1. The first kappa shape index (κ1) is 18.8. The second-order valence-electron chi connectivity index (χ2n) is 5.87. The quantitative estimate of drug-likeness (QED) is 0.884. The molecule has 0 aliphatic heterocycles. The van der Waals surface area contributed by atoms with Gasteiger partial charge in [0.2, 0.25) is 5.91 Å². The first-order valence-corrected chi connectivity index (χ1v) is 8.15. The fourth-order valence-electron chi connectivity index (χ4n) is 2.51. The van der Waals surface area contributed by atoms with Crippen molar-refractivity contribution in [2.24, 2.45) is 0 Å². The highest BCUT2D eigenvalue weighted by molar-refractivity contribution is 6.31. The Balaban J connectivity index is 2.07. The van der Waals surface area contributed by atoms with E-state index in [4.69, 9.17) is 16.3 Å². The van der Waals surface area contributed by atoms with E-state index in [0.717, 1.165) is 11.1 Å². The second kappa shape index (κ2) is 8.03. The lowest BCUT2D eigenvalue weighted by molar-refractivity contribution is -0.116. The molecule has 2 rings (SSSR count). The van der Waals surface area contributed by atoms with Crippen molar-refractivity contribution >= 4 is 29.1 Å². The van der Waals surface area contributed by atoms with E-state index < -0.39 is 0 Å². The number of likely N-dealkylation sites (N-methyl/N-ethyl adjacent to an activating group) is 1. The fourth-order valence-corrected chi connectivity index (χ4v) is 2.69. The molecular weight excluding hydrogens is 340 g/mol. The van der Waals surface area contributed by atoms with Gasteiger partial charge in [-0.05, 0) is 43.7 Å². The summed E-state index contributed by atoms with van der Waals surface area (Å²) in [4.78, 5) is 26.2. The molecule has 0 aliphatic carbocycles. The Kier molecular flexibility index (Phi) is 6.04. The van der Waals surface area contributed by atoms with Gasteiger partial charge in [-0.25, -0.2) is 0 Å². The van der Waals surface area contributed by atoms with Crippen LogP contribution in [0, 0.1) is 13.8 Å². The zero-order valence-electron chi connectivity index (χ0n) is 14.7. The van der Waals surface area contributed by atoms with Crippen molar-refractivity contribution in [2.45, 2.75) is 13.8 Å². The van der Waals surface area contributed by atoms with Gasteiger partial charge in [-0.15, -0.1) is 0 Å². The van der Waals surface area contributed by atoms with Gasteiger partial charge in [-0.2, -0.15) is 0 Å². The van der Waals surface area contributed by atoms with Gasteiger partial charge in [0.15, 0.2) is 0 Å². The minimum absolute atomic E-state index is 0.0815. The van der Waals surface area contributed by atoms with Crippen LogP contribution in [0.25, 0.3) is 0 Å². The average Bonchev–Trinajstić information content (AvgIpc) is 2.54. The molecule has 0 aliphatic rings. The van der Waals surface area contributed by atoms with E-state index in [1.54, 1.807) is 31.3 Å². The zero-order chi connectivity index (χ0) is 18.6. The smallest absolute Gasteiger partial charge is 0.254 e. The van der Waals surface area contributed by atoms with Gasteiger partial charge in [0, 0.05) is 17.6 Å². The van der Waals surface area contributed by atoms with Crippen molar-refractivity contribution in [3.63, 3.8) is 0 Å². The van der Waals surface area contributed by atoms with Gasteiger partial charge in [0.1, 0.15) is 5.75 Å². The summed E-state index contributed by atoms with van der Waals surface area (Å²) in [7, 11) is 3.10. The zero-order valence-corrected chi connectivity index (χ0v) is 15.5. The lowest BCUT2D eigenvalue weighted by Gasteiger charge is -2.19. The molecule has 2 aromatic carbocycles. The maximum absolute atomic E-state index is 12.5. The van der Waals surface area contributed by atoms with Gasteiger partial charge in [-0.3, -0.25) is 9.59 Å². The molecule has 0 saturated heterocycles. The van der Waals surface area contributed by atoms with E-state index in [0.29, 0.717) is 22.0 Å². The molecule has 0 bridgehead atoms. The number of carbonyl (C=O) groups excluding carboxylic acids is 2. The number of carbonyl (C=O) groups is 2. The number of amides is 2. The van der Waals surface area contributed by atoms with Crippen molar-refractivity contribution in [1.82, 2.24) is 4.90 Å². The summed E-state index contributed by atoms with van der Waals surface area (Å²) in [6.07, 6.45) is 0. The number of benzene rings is 2. The molecule has 0 spiro atoms. The third-order valence-corrected chi connectivity index (χ3v) is 4.01. The highest BCUT2D eigenvalue weighted by Gasteiger charge is 2.17. The van der Waals surface area contributed by atoms with Crippen molar-refractivity contribution in [2.75, 3.05) is 26.0 Å². The number of rotatable bonds is 5. The molecule has 25 heavy (non-hydrogen) atoms. The third kappa shape index (κ3) is 4.73. The molecule has 0 heterocycles. The van der Waals surface area contributed by atoms with E-state index in [-0.39, 0.29) is 18.4 Å². The number of hydrogen-bond acceptors (Lipinski definition) is 3. The molecule has 0 saturated carbocycles. The van der Waals surface area contributed by atoms with Crippen LogP contribution in [-0.4, -0.2) is 37.4 Å². The molecule has 2 aromatic rings. The number of halogens is 1. The maximum Gasteiger partial charge on any atom is 0.254 e. The normalized spacial score (nSPS) is 10.3. The first-order valence-electron chi connectivity index (χ1n) is 7.78. The summed E-state index contributed by atoms with van der Waals surface area (Å²) in [6, 6.07) is 10.5. The Labute approximate surface area is 152 Å². The number of ether oxygens (including phenoxy) is 1. The molecule has 0 atom stereocenters. The van der Waals surface area contributed by atoms with Crippen molar-refractivity contribution in [3.05, 3.63) is 58.1 Å². The molecule has 0 aromatic heterocycles. The monoisotopic (exact) mass is 360 g/mol. The Bertz CT molecular complexity index is 805. The largest absolute Gasteiger partial charge is 0.495 e. The summed E-state index contributed by atoms with van der Waals surface area (Å²) >= 11 is 5.95. The third-order valence-electron chi connectivity index (χ3n) is 3.78. The molecule has 132 valence electrons. The first-order chi connectivity index (χ1) is 11.8. The van der Waals surface area contributed by atoms with E-state index >= 15 is 0 Å². The molecule has 0 unspecified atom stereocenters. The minimum atomic E-state index is -0.332. The average molecular weight is 361 g/mol.